The van der Waals surface area contributed by atoms with Gasteiger partial charge in [-0.2, -0.15) is 5.26 Å². The molecule has 0 fully saturated rings. The van der Waals surface area contributed by atoms with Crippen LogP contribution in [0.4, 0.5) is 10.3 Å². The highest BCUT2D eigenvalue weighted by Crippen LogP contribution is 2.26. The third kappa shape index (κ3) is 2.91. The van der Waals surface area contributed by atoms with E-state index in [1.807, 2.05) is 19.9 Å². The van der Waals surface area contributed by atoms with Crippen LogP contribution in [0.3, 0.4) is 0 Å². The number of thioether (sulfide) groups is 1. The van der Waals surface area contributed by atoms with Crippen LogP contribution in [0.2, 0.25) is 0 Å². The van der Waals surface area contributed by atoms with Gasteiger partial charge >= 0.3 is 0 Å². The van der Waals surface area contributed by atoms with E-state index < -0.39 is 0 Å². The van der Waals surface area contributed by atoms with Crippen molar-refractivity contribution in [3.63, 3.8) is 0 Å². The molecule has 0 radical (unpaired) electrons. The Morgan fingerprint density at radius 3 is 2.80 bits per heavy atom. The zero-order chi connectivity index (χ0) is 14.7. The predicted molar refractivity (Wildman–Crippen MR) is 75.5 cm³/mol. The third-order valence-electron chi connectivity index (χ3n) is 2.75. The number of nitrogens with two attached hydrogens (primary N) is 1. The number of nitrogen functional groups attached to an aromatic ring is 1. The van der Waals surface area contributed by atoms with E-state index in [0.717, 1.165) is 0 Å². The van der Waals surface area contributed by atoms with Crippen LogP contribution in [-0.2, 0) is 5.75 Å². The molecule has 7 heteroatoms. The normalized spacial score (nSPS) is 10.8. The topological polar surface area (TPSA) is 80.5 Å². The van der Waals surface area contributed by atoms with Crippen LogP contribution in [0.15, 0.2) is 23.4 Å². The van der Waals surface area contributed by atoms with Gasteiger partial charge in [-0.25, -0.2) is 4.39 Å². The molecule has 104 valence electrons. The first-order valence-corrected chi connectivity index (χ1v) is 7.03. The number of benzene rings is 1. The molecule has 2 aromatic rings. The van der Waals surface area contributed by atoms with Crippen molar-refractivity contribution < 1.29 is 4.39 Å². The molecule has 0 aliphatic heterocycles. The highest BCUT2D eigenvalue weighted by atomic mass is 32.2. The fourth-order valence-corrected chi connectivity index (χ4v) is 2.81. The van der Waals surface area contributed by atoms with E-state index in [1.54, 1.807) is 16.7 Å². The van der Waals surface area contributed by atoms with Gasteiger partial charge in [-0.3, -0.25) is 4.57 Å². The number of anilines is 1. The van der Waals surface area contributed by atoms with Crippen molar-refractivity contribution in [2.45, 2.75) is 30.8 Å². The molecule has 0 bridgehead atoms. The summed E-state index contributed by atoms with van der Waals surface area (Å²) < 4.78 is 15.6. The first-order chi connectivity index (χ1) is 9.52. The van der Waals surface area contributed by atoms with E-state index >= 15 is 0 Å². The van der Waals surface area contributed by atoms with Gasteiger partial charge in [0.1, 0.15) is 5.82 Å². The lowest BCUT2D eigenvalue weighted by Gasteiger charge is -2.11. The molecule has 2 rings (SSSR count). The molecule has 5 nitrogen and oxygen atoms in total. The average molecular weight is 291 g/mol. The minimum absolute atomic E-state index is 0.137. The number of hydrogen-bond donors (Lipinski definition) is 1. The number of nitriles is 1. The van der Waals surface area contributed by atoms with Crippen molar-refractivity contribution in [1.29, 1.82) is 5.26 Å². The van der Waals surface area contributed by atoms with Gasteiger partial charge in [-0.1, -0.05) is 17.8 Å². The second-order valence-corrected chi connectivity index (χ2v) is 5.45. The van der Waals surface area contributed by atoms with E-state index in [4.69, 9.17) is 11.0 Å². The van der Waals surface area contributed by atoms with Crippen molar-refractivity contribution in [3.05, 3.63) is 35.1 Å². The van der Waals surface area contributed by atoms with Crippen LogP contribution in [0.1, 0.15) is 31.0 Å². The summed E-state index contributed by atoms with van der Waals surface area (Å²) in [6.45, 7) is 3.96. The number of nitrogens with zero attached hydrogens (tertiary/aromatic N) is 4. The molecule has 0 aliphatic carbocycles. The van der Waals surface area contributed by atoms with E-state index in [9.17, 15) is 4.39 Å². The maximum absolute atomic E-state index is 13.8. The summed E-state index contributed by atoms with van der Waals surface area (Å²) in [5.41, 5.74) is 6.58. The Balaban J connectivity index is 2.16. The molecular weight excluding hydrogens is 277 g/mol. The molecule has 1 heterocycles. The molecule has 0 spiro atoms. The van der Waals surface area contributed by atoms with Crippen LogP contribution < -0.4 is 5.73 Å². The van der Waals surface area contributed by atoms with Crippen LogP contribution >= 0.6 is 11.8 Å². The lowest BCUT2D eigenvalue weighted by atomic mass is 10.1. The fourth-order valence-electron chi connectivity index (χ4n) is 1.75. The molecule has 2 N–H and O–H groups in total. The maximum Gasteiger partial charge on any atom is 0.222 e. The highest BCUT2D eigenvalue weighted by Gasteiger charge is 2.14. The monoisotopic (exact) mass is 291 g/mol. The average Bonchev–Trinajstić information content (AvgIpc) is 2.78. The lowest BCUT2D eigenvalue weighted by molar-refractivity contribution is 0.557. The Kier molecular flexibility index (Phi) is 4.25. The molecule has 1 aromatic carbocycles. The first kappa shape index (κ1) is 14.3. The van der Waals surface area contributed by atoms with Crippen LogP contribution in [-0.4, -0.2) is 14.8 Å². The Labute approximate surface area is 120 Å². The molecule has 1 aromatic heterocycles. The highest BCUT2D eigenvalue weighted by molar-refractivity contribution is 7.98. The van der Waals surface area contributed by atoms with Gasteiger partial charge in [0.2, 0.25) is 5.95 Å². The van der Waals surface area contributed by atoms with Gasteiger partial charge in [-0.15, -0.1) is 10.2 Å². The number of halogens is 1. The number of aromatic nitrogens is 3. The van der Waals surface area contributed by atoms with Gasteiger partial charge in [0.15, 0.2) is 5.16 Å². The minimum Gasteiger partial charge on any atom is -0.368 e. The van der Waals surface area contributed by atoms with Crippen molar-refractivity contribution in [3.8, 4) is 6.07 Å². The smallest absolute Gasteiger partial charge is 0.222 e. The Hall–Kier alpha value is -2.07. The molecule has 0 aliphatic rings. The summed E-state index contributed by atoms with van der Waals surface area (Å²) in [5, 5.41) is 17.2. The Morgan fingerprint density at radius 1 is 1.45 bits per heavy atom. The predicted octanol–water partition coefficient (Wildman–Crippen LogP) is 2.74. The van der Waals surface area contributed by atoms with Crippen molar-refractivity contribution in [2.75, 3.05) is 5.73 Å². The van der Waals surface area contributed by atoms with Gasteiger partial charge in [0, 0.05) is 11.8 Å². The third-order valence-corrected chi connectivity index (χ3v) is 3.74. The number of hydrogen-bond acceptors (Lipinski definition) is 5. The summed E-state index contributed by atoms with van der Waals surface area (Å²) in [4.78, 5) is 0. The minimum atomic E-state index is -0.389. The van der Waals surface area contributed by atoms with Crippen molar-refractivity contribution >= 4 is 17.7 Å². The molecule has 0 unspecified atom stereocenters. The van der Waals surface area contributed by atoms with E-state index in [0.29, 0.717) is 28.0 Å². The van der Waals surface area contributed by atoms with E-state index in [2.05, 4.69) is 10.2 Å². The summed E-state index contributed by atoms with van der Waals surface area (Å²) in [7, 11) is 0. The van der Waals surface area contributed by atoms with Crippen LogP contribution in [0, 0.1) is 17.1 Å². The van der Waals surface area contributed by atoms with Gasteiger partial charge in [-0.05, 0) is 31.5 Å². The lowest BCUT2D eigenvalue weighted by Crippen LogP contribution is -2.07. The second kappa shape index (κ2) is 5.92. The molecule has 20 heavy (non-hydrogen) atoms. The standard InChI is InChI=1S/C13H14FN5S/c1-8(2)19-12(16)17-18-13(19)20-7-10-4-3-9(6-15)5-11(10)14/h3-5,8H,7H2,1-2H3,(H2,16,17). The molecule has 0 amide bonds. The zero-order valence-corrected chi connectivity index (χ0v) is 12.0. The van der Waals surface area contributed by atoms with E-state index in [1.165, 1.54) is 17.8 Å². The summed E-state index contributed by atoms with van der Waals surface area (Å²) in [5.74, 6) is 0.366. The fraction of sp³-hybridized carbons (Fsp3) is 0.308. The first-order valence-electron chi connectivity index (χ1n) is 6.04. The molecule has 0 saturated carbocycles. The van der Waals surface area contributed by atoms with E-state index in [-0.39, 0.29) is 11.9 Å². The quantitative estimate of drug-likeness (QED) is 0.876. The number of rotatable bonds is 4. The Bertz CT molecular complexity index is 659. The summed E-state index contributed by atoms with van der Waals surface area (Å²) >= 11 is 1.36. The summed E-state index contributed by atoms with van der Waals surface area (Å²) in [6.07, 6.45) is 0. The van der Waals surface area contributed by atoms with Gasteiger partial charge in [0.05, 0.1) is 11.6 Å². The molecule has 0 atom stereocenters. The molecule has 0 saturated heterocycles. The largest absolute Gasteiger partial charge is 0.368 e. The zero-order valence-electron chi connectivity index (χ0n) is 11.2. The molecular formula is C13H14FN5S. The van der Waals surface area contributed by atoms with Gasteiger partial charge < -0.3 is 5.73 Å². The Morgan fingerprint density at radius 2 is 2.20 bits per heavy atom. The van der Waals surface area contributed by atoms with Gasteiger partial charge in [0.25, 0.3) is 0 Å². The second-order valence-electron chi connectivity index (χ2n) is 4.51. The SMILES string of the molecule is CC(C)n1c(N)nnc1SCc1ccc(C#N)cc1F. The van der Waals surface area contributed by atoms with Crippen molar-refractivity contribution in [2.24, 2.45) is 0 Å². The van der Waals surface area contributed by atoms with Crippen LogP contribution in [0.25, 0.3) is 0 Å². The van der Waals surface area contributed by atoms with Crippen molar-refractivity contribution in [1.82, 2.24) is 14.8 Å². The maximum atomic E-state index is 13.8. The summed E-state index contributed by atoms with van der Waals surface area (Å²) in [6, 6.07) is 6.49. The van der Waals surface area contributed by atoms with Crippen LogP contribution in [0.5, 0.6) is 0 Å².